The van der Waals surface area contributed by atoms with Crippen molar-refractivity contribution in [1.82, 2.24) is 15.0 Å². The molecule has 1 N–H and O–H groups in total. The van der Waals surface area contributed by atoms with Gasteiger partial charge in [-0.2, -0.15) is 9.97 Å². The van der Waals surface area contributed by atoms with Crippen LogP contribution in [0.4, 0.5) is 0 Å². The fraction of sp³-hybridized carbons (Fsp3) is 0.357. The lowest BCUT2D eigenvalue weighted by molar-refractivity contribution is -0.150. The average molecular weight is 524 g/mol. The second-order valence-electron chi connectivity index (χ2n) is 10.1. The normalized spacial score (nSPS) is 12.5. The number of aryl methyl sites for hydroxylation is 3. The highest BCUT2D eigenvalue weighted by atomic mass is 35.5. The first-order valence-corrected chi connectivity index (χ1v) is 12.5. The minimum Gasteiger partial charge on any atom is -0.478 e. The van der Waals surface area contributed by atoms with Crippen molar-refractivity contribution in [3.63, 3.8) is 0 Å². The predicted molar refractivity (Wildman–Crippen MR) is 142 cm³/mol. The Hall–Kier alpha value is -3.65. The number of hydrogen-bond donors (Lipinski definition) is 1. The molecule has 0 aliphatic rings. The number of aliphatic carboxylic acids is 1. The van der Waals surface area contributed by atoms with Crippen LogP contribution >= 0.6 is 11.6 Å². The van der Waals surface area contributed by atoms with Gasteiger partial charge in [-0.25, -0.2) is 9.78 Å². The first-order valence-electron chi connectivity index (χ1n) is 12.1. The van der Waals surface area contributed by atoms with Gasteiger partial charge in [0, 0.05) is 16.0 Å². The Morgan fingerprint density at radius 2 is 1.81 bits per heavy atom. The summed E-state index contributed by atoms with van der Waals surface area (Å²) in [7, 11) is 0. The number of carboxylic acid groups (broad SMARTS) is 1. The molecule has 8 nitrogen and oxygen atoms in total. The van der Waals surface area contributed by atoms with Gasteiger partial charge in [-0.15, -0.1) is 0 Å². The lowest BCUT2D eigenvalue weighted by Gasteiger charge is -2.29. The third-order valence-corrected chi connectivity index (χ3v) is 5.99. The maximum absolute atomic E-state index is 11.8. The molecule has 37 heavy (non-hydrogen) atoms. The Bertz CT molecular complexity index is 1440. The van der Waals surface area contributed by atoms with Gasteiger partial charge < -0.3 is 19.0 Å². The maximum Gasteiger partial charge on any atom is 0.345 e. The van der Waals surface area contributed by atoms with Crippen molar-refractivity contribution in [2.24, 2.45) is 5.41 Å². The van der Waals surface area contributed by atoms with Crippen LogP contribution in [-0.2, 0) is 11.2 Å². The van der Waals surface area contributed by atoms with Crippen LogP contribution in [-0.4, -0.2) is 32.1 Å². The zero-order valence-electron chi connectivity index (χ0n) is 21.8. The average Bonchev–Trinajstić information content (AvgIpc) is 3.22. The quantitative estimate of drug-likeness (QED) is 0.259. The summed E-state index contributed by atoms with van der Waals surface area (Å²) in [6.45, 7) is 11.3. The van der Waals surface area contributed by atoms with Gasteiger partial charge in [0.05, 0.1) is 5.69 Å². The van der Waals surface area contributed by atoms with Crippen molar-refractivity contribution < 1.29 is 23.8 Å². The number of aromatic nitrogens is 3. The van der Waals surface area contributed by atoms with Gasteiger partial charge in [-0.05, 0) is 61.7 Å². The van der Waals surface area contributed by atoms with E-state index in [-0.39, 0.29) is 6.01 Å². The molecular formula is C28H30ClN3O5. The summed E-state index contributed by atoms with van der Waals surface area (Å²) in [5, 5.41) is 10.2. The van der Waals surface area contributed by atoms with Crippen molar-refractivity contribution in [3.05, 3.63) is 58.2 Å². The first-order chi connectivity index (χ1) is 17.5. The van der Waals surface area contributed by atoms with Crippen molar-refractivity contribution in [1.29, 1.82) is 0 Å². The van der Waals surface area contributed by atoms with Crippen LogP contribution in [0.3, 0.4) is 0 Å². The summed E-state index contributed by atoms with van der Waals surface area (Å²) in [5.41, 5.74) is 3.31. The molecule has 0 saturated heterocycles. The zero-order valence-corrected chi connectivity index (χ0v) is 22.5. The number of ether oxygens (including phenoxy) is 2. The Kier molecular flexibility index (Phi) is 7.41. The zero-order chi connectivity index (χ0) is 26.9. The molecule has 2 aromatic heterocycles. The number of fused-ring (bicyclic) bond motifs is 1. The highest BCUT2D eigenvalue weighted by molar-refractivity contribution is 6.30. The van der Waals surface area contributed by atoms with Gasteiger partial charge in [0.1, 0.15) is 11.5 Å². The molecule has 0 aliphatic carbocycles. The monoisotopic (exact) mass is 523 g/mol. The number of hydrogen-bond acceptors (Lipinski definition) is 7. The van der Waals surface area contributed by atoms with Gasteiger partial charge in [0.25, 0.3) is 5.71 Å². The van der Waals surface area contributed by atoms with E-state index in [1.165, 1.54) is 0 Å². The summed E-state index contributed by atoms with van der Waals surface area (Å²) in [5.74, 6) is 0.425. The number of carbonyl (C=O) groups is 1. The molecule has 0 amide bonds. The molecule has 0 fully saturated rings. The van der Waals surface area contributed by atoms with Crippen LogP contribution < -0.4 is 9.47 Å². The van der Waals surface area contributed by atoms with Crippen LogP contribution in [0.25, 0.3) is 22.7 Å². The van der Waals surface area contributed by atoms with Gasteiger partial charge in [0.2, 0.25) is 5.89 Å². The number of halogens is 1. The van der Waals surface area contributed by atoms with Crippen LogP contribution in [0.5, 0.6) is 17.5 Å². The molecular weight excluding hydrogens is 494 g/mol. The van der Waals surface area contributed by atoms with Crippen molar-refractivity contribution in [3.8, 4) is 29.0 Å². The fourth-order valence-corrected chi connectivity index (χ4v) is 4.23. The van der Waals surface area contributed by atoms with Crippen molar-refractivity contribution >= 4 is 28.8 Å². The van der Waals surface area contributed by atoms with Gasteiger partial charge in [-0.3, -0.25) is 0 Å². The van der Waals surface area contributed by atoms with Gasteiger partial charge >= 0.3 is 12.0 Å². The Morgan fingerprint density at radius 1 is 1.11 bits per heavy atom. The molecule has 194 valence electrons. The third-order valence-electron chi connectivity index (χ3n) is 5.76. The molecule has 2 heterocycles. The molecule has 4 rings (SSSR count). The van der Waals surface area contributed by atoms with E-state index in [0.29, 0.717) is 40.1 Å². The minimum atomic E-state index is -1.01. The summed E-state index contributed by atoms with van der Waals surface area (Å²) in [6.07, 6.45) is 0.531. The minimum absolute atomic E-state index is 0.152. The van der Waals surface area contributed by atoms with E-state index in [1.807, 2.05) is 46.8 Å². The molecule has 9 heteroatoms. The topological polar surface area (TPSA) is 108 Å². The molecule has 1 atom stereocenters. The summed E-state index contributed by atoms with van der Waals surface area (Å²) in [4.78, 5) is 25.5. The lowest BCUT2D eigenvalue weighted by Crippen LogP contribution is -2.39. The molecule has 0 spiro atoms. The largest absolute Gasteiger partial charge is 0.478 e. The molecule has 2 aromatic carbocycles. The van der Waals surface area contributed by atoms with E-state index >= 15 is 0 Å². The predicted octanol–water partition coefficient (Wildman–Crippen LogP) is 7.18. The van der Waals surface area contributed by atoms with Crippen LogP contribution in [0, 0.1) is 19.3 Å². The molecule has 1 unspecified atom stereocenters. The Morgan fingerprint density at radius 3 is 2.41 bits per heavy atom. The standard InChI is InChI=1S/C28H30ClN3O5/c1-7-9-20-21-25(32-27(30-20)35-19-11-8-10-18(29)14-19)37-24(31-21)17-12-15(2)22(16(3)13-17)36-23(26(33)34)28(4,5)6/h8,10-14,23H,7,9H2,1-6H3,(H,33,34). The summed E-state index contributed by atoms with van der Waals surface area (Å²) >= 11 is 6.07. The number of oxazole rings is 1. The van der Waals surface area contributed by atoms with E-state index in [4.69, 9.17) is 30.5 Å². The maximum atomic E-state index is 11.8. The fourth-order valence-electron chi connectivity index (χ4n) is 4.05. The van der Waals surface area contributed by atoms with Crippen molar-refractivity contribution in [2.45, 2.75) is 60.5 Å². The summed E-state index contributed by atoms with van der Waals surface area (Å²) in [6, 6.07) is 10.9. The van der Waals surface area contributed by atoms with E-state index < -0.39 is 17.5 Å². The van der Waals surface area contributed by atoms with Crippen LogP contribution in [0.2, 0.25) is 5.02 Å². The molecule has 4 aromatic rings. The van der Waals surface area contributed by atoms with Crippen LogP contribution in [0.1, 0.15) is 50.9 Å². The van der Waals surface area contributed by atoms with E-state index in [0.717, 1.165) is 28.8 Å². The molecule has 0 bridgehead atoms. The molecule has 0 aliphatic heterocycles. The number of benzene rings is 2. The second-order valence-corrected chi connectivity index (χ2v) is 10.5. The van der Waals surface area contributed by atoms with Crippen molar-refractivity contribution in [2.75, 3.05) is 0 Å². The third kappa shape index (κ3) is 5.85. The molecule has 0 radical (unpaired) electrons. The molecule has 0 saturated carbocycles. The van der Waals surface area contributed by atoms with E-state index in [1.54, 1.807) is 24.3 Å². The Balaban J connectivity index is 1.72. The highest BCUT2D eigenvalue weighted by Crippen LogP contribution is 2.35. The summed E-state index contributed by atoms with van der Waals surface area (Å²) < 4.78 is 17.9. The number of nitrogens with zero attached hydrogens (tertiary/aromatic N) is 3. The van der Waals surface area contributed by atoms with Gasteiger partial charge in [0.15, 0.2) is 11.6 Å². The van der Waals surface area contributed by atoms with E-state index in [2.05, 4.69) is 16.9 Å². The first kappa shape index (κ1) is 26.4. The number of rotatable bonds is 8. The lowest BCUT2D eigenvalue weighted by atomic mass is 9.89. The highest BCUT2D eigenvalue weighted by Gasteiger charge is 2.34. The Labute approximate surface area is 220 Å². The smallest absolute Gasteiger partial charge is 0.345 e. The number of carboxylic acids is 1. The SMILES string of the molecule is CCCc1nc(Oc2cccc(Cl)c2)nc2oc(-c3cc(C)c(OC(C(=O)O)C(C)(C)C)c(C)c3)nc12. The second kappa shape index (κ2) is 10.4. The van der Waals surface area contributed by atoms with E-state index in [9.17, 15) is 9.90 Å². The van der Waals surface area contributed by atoms with Crippen LogP contribution in [0.15, 0.2) is 40.8 Å². The van der Waals surface area contributed by atoms with Gasteiger partial charge in [-0.1, -0.05) is 51.8 Å².